The molecule has 1 aliphatic carbocycles. The summed E-state index contributed by atoms with van der Waals surface area (Å²) in [5.74, 6) is -0.624. The van der Waals surface area contributed by atoms with E-state index in [1.807, 2.05) is 36.4 Å². The van der Waals surface area contributed by atoms with Crippen LogP contribution in [0.4, 0.5) is 15.8 Å². The van der Waals surface area contributed by atoms with Gasteiger partial charge in [0.25, 0.3) is 0 Å². The van der Waals surface area contributed by atoms with E-state index < -0.39 is 11.4 Å². The molecule has 2 heterocycles. The normalized spacial score (nSPS) is 19.4. The highest BCUT2D eigenvalue weighted by Crippen LogP contribution is 2.67. The van der Waals surface area contributed by atoms with Gasteiger partial charge in [-0.05, 0) is 80.0 Å². The summed E-state index contributed by atoms with van der Waals surface area (Å²) in [6.45, 7) is 13.0. The number of hydrogen-bond acceptors (Lipinski definition) is 4. The Balaban J connectivity index is 1.23. The molecule has 1 aromatic heterocycles. The smallest absolute Gasteiger partial charge is 0.249 e. The van der Waals surface area contributed by atoms with Gasteiger partial charge in [-0.15, -0.1) is 0 Å². The van der Waals surface area contributed by atoms with Gasteiger partial charge in [-0.1, -0.05) is 50.2 Å². The van der Waals surface area contributed by atoms with Crippen LogP contribution in [0.25, 0.3) is 10.9 Å². The number of H-pyrrole nitrogens is 1. The van der Waals surface area contributed by atoms with Crippen molar-refractivity contribution in [2.24, 2.45) is 11.3 Å². The van der Waals surface area contributed by atoms with Crippen LogP contribution in [0, 0.1) is 24.1 Å². The molecule has 1 aliphatic heterocycles. The van der Waals surface area contributed by atoms with E-state index in [1.165, 1.54) is 17.0 Å². The number of hydrogen-bond donors (Lipinski definition) is 2. The molecule has 4 aromatic rings. The zero-order valence-corrected chi connectivity index (χ0v) is 26.8. The quantitative estimate of drug-likeness (QED) is 0.213. The first-order valence-electron chi connectivity index (χ1n) is 15.8. The summed E-state index contributed by atoms with van der Waals surface area (Å²) < 4.78 is 20.4. The summed E-state index contributed by atoms with van der Waals surface area (Å²) in [5, 5.41) is 4.20. The number of nitrogens with one attached hydrogen (secondary N) is 2. The van der Waals surface area contributed by atoms with Crippen molar-refractivity contribution in [1.29, 1.82) is 0 Å². The van der Waals surface area contributed by atoms with Crippen molar-refractivity contribution in [2.45, 2.75) is 59.0 Å². The van der Waals surface area contributed by atoms with Crippen LogP contribution in [-0.4, -0.2) is 53.5 Å². The number of benzene rings is 3. The fraction of sp³-hybridized carbons (Fsp3) is 0.405. The number of amides is 2. The molecule has 0 unspecified atom stereocenters. The van der Waals surface area contributed by atoms with E-state index in [1.54, 1.807) is 36.9 Å². The second-order valence-corrected chi connectivity index (χ2v) is 13.5. The maximum absolute atomic E-state index is 14.9. The summed E-state index contributed by atoms with van der Waals surface area (Å²) in [5.41, 5.74) is 4.19. The largest absolute Gasteiger partial charge is 0.378 e. The van der Waals surface area contributed by atoms with Gasteiger partial charge < -0.3 is 24.8 Å². The van der Waals surface area contributed by atoms with Gasteiger partial charge in [0.1, 0.15) is 11.4 Å². The molecule has 236 valence electrons. The zero-order valence-electron chi connectivity index (χ0n) is 26.8. The number of para-hydroxylation sites is 1. The summed E-state index contributed by atoms with van der Waals surface area (Å²) in [7, 11) is 0. The lowest BCUT2D eigenvalue weighted by Gasteiger charge is -2.38. The number of rotatable bonds is 9. The fourth-order valence-electron chi connectivity index (χ4n) is 7.07. The van der Waals surface area contributed by atoms with E-state index in [0.29, 0.717) is 24.5 Å². The minimum atomic E-state index is -1.26. The van der Waals surface area contributed by atoms with Crippen LogP contribution in [-0.2, 0) is 20.9 Å². The van der Waals surface area contributed by atoms with E-state index in [-0.39, 0.29) is 42.0 Å². The predicted molar refractivity (Wildman–Crippen MR) is 177 cm³/mol. The highest BCUT2D eigenvalue weighted by atomic mass is 19.1. The van der Waals surface area contributed by atoms with Crippen LogP contribution in [0.15, 0.2) is 72.8 Å². The molecule has 2 N–H and O–H groups in total. The summed E-state index contributed by atoms with van der Waals surface area (Å²) >= 11 is 0. The van der Waals surface area contributed by atoms with Crippen molar-refractivity contribution in [3.05, 3.63) is 95.4 Å². The van der Waals surface area contributed by atoms with Crippen molar-refractivity contribution < 1.29 is 18.7 Å². The van der Waals surface area contributed by atoms with Crippen LogP contribution in [0.1, 0.15) is 56.9 Å². The van der Waals surface area contributed by atoms with E-state index in [0.717, 1.165) is 30.0 Å². The standard InChI is InChI=1S/C37H43FN4O3/c1-24-33(28-11-7-9-13-31(28)39-24)34-29(36(34,2)3)22-32(43)42(23-25-10-6-8-12-30(25)38)37(4,5)35(44)40-26-14-16-27(17-15-26)41-18-20-45-21-19-41/h6-17,29,34,39H,18-23H2,1-5H3,(H,40,44)/t29-,34+/m0/s1. The molecule has 3 aromatic carbocycles. The minimum Gasteiger partial charge on any atom is -0.378 e. The molecule has 45 heavy (non-hydrogen) atoms. The first kappa shape index (κ1) is 30.8. The van der Waals surface area contributed by atoms with Crippen LogP contribution < -0.4 is 10.2 Å². The Morgan fingerprint density at radius 2 is 1.69 bits per heavy atom. The minimum absolute atomic E-state index is 0.00811. The van der Waals surface area contributed by atoms with Crippen molar-refractivity contribution >= 4 is 34.1 Å². The lowest BCUT2D eigenvalue weighted by molar-refractivity contribution is -0.145. The van der Waals surface area contributed by atoms with E-state index in [2.05, 4.69) is 48.1 Å². The predicted octanol–water partition coefficient (Wildman–Crippen LogP) is 7.03. The number of aromatic amines is 1. The van der Waals surface area contributed by atoms with Crippen LogP contribution >= 0.6 is 0 Å². The molecule has 2 atom stereocenters. The third-order valence-electron chi connectivity index (χ3n) is 10.0. The number of carbonyl (C=O) groups excluding carboxylic acids is 2. The lowest BCUT2D eigenvalue weighted by atomic mass is 9.97. The van der Waals surface area contributed by atoms with Gasteiger partial charge >= 0.3 is 0 Å². The molecule has 6 rings (SSSR count). The van der Waals surface area contributed by atoms with Crippen molar-refractivity contribution in [3.63, 3.8) is 0 Å². The number of aryl methyl sites for hydroxylation is 1. The molecule has 0 radical (unpaired) electrons. The Morgan fingerprint density at radius 1 is 1.02 bits per heavy atom. The van der Waals surface area contributed by atoms with Gasteiger partial charge in [-0.2, -0.15) is 0 Å². The summed E-state index contributed by atoms with van der Waals surface area (Å²) in [4.78, 5) is 35.5. The number of ether oxygens (including phenoxy) is 1. The molecule has 1 saturated carbocycles. The molecule has 1 saturated heterocycles. The van der Waals surface area contributed by atoms with E-state index in [9.17, 15) is 14.0 Å². The van der Waals surface area contributed by atoms with Gasteiger partial charge in [0.2, 0.25) is 11.8 Å². The fourth-order valence-corrected chi connectivity index (χ4v) is 7.07. The Hall–Kier alpha value is -4.17. The summed E-state index contributed by atoms with van der Waals surface area (Å²) in [6, 6.07) is 22.4. The molecule has 0 bridgehead atoms. The molecular formula is C37H43FN4O3. The number of nitrogens with zero attached hydrogens (tertiary/aromatic N) is 2. The maximum Gasteiger partial charge on any atom is 0.249 e. The number of carbonyl (C=O) groups is 2. The van der Waals surface area contributed by atoms with Crippen molar-refractivity contribution in [2.75, 3.05) is 36.5 Å². The van der Waals surface area contributed by atoms with Crippen molar-refractivity contribution in [3.8, 4) is 0 Å². The average molecular weight is 611 g/mol. The highest BCUT2D eigenvalue weighted by molar-refractivity contribution is 6.00. The SMILES string of the molecule is Cc1[nH]c2ccccc2c1[C@H]1[C@H](CC(=O)N(Cc2ccccc2F)C(C)(C)C(=O)Nc2ccc(N3CCOCC3)cc2)C1(C)C. The molecule has 2 fully saturated rings. The maximum atomic E-state index is 14.9. The second kappa shape index (κ2) is 12.0. The van der Waals surface area contributed by atoms with Crippen LogP contribution in [0.5, 0.6) is 0 Å². The first-order chi connectivity index (χ1) is 21.5. The number of halogens is 1. The Labute approximate surface area is 264 Å². The Kier molecular flexibility index (Phi) is 8.20. The summed E-state index contributed by atoms with van der Waals surface area (Å²) in [6.07, 6.45) is 0.260. The van der Waals surface area contributed by atoms with Crippen LogP contribution in [0.2, 0.25) is 0 Å². The molecule has 2 amide bonds. The lowest BCUT2D eigenvalue weighted by Crippen LogP contribution is -2.55. The second-order valence-electron chi connectivity index (χ2n) is 13.5. The third-order valence-corrected chi connectivity index (χ3v) is 10.0. The zero-order chi connectivity index (χ0) is 31.9. The molecular weight excluding hydrogens is 567 g/mol. The highest BCUT2D eigenvalue weighted by Gasteiger charge is 2.60. The van der Waals surface area contributed by atoms with Gasteiger partial charge in [0.05, 0.1) is 13.2 Å². The van der Waals surface area contributed by atoms with Gasteiger partial charge in [-0.3, -0.25) is 9.59 Å². The Bertz CT molecular complexity index is 1700. The van der Waals surface area contributed by atoms with Gasteiger partial charge in [0, 0.05) is 59.6 Å². The molecule has 7 nitrogen and oxygen atoms in total. The number of fused-ring (bicyclic) bond motifs is 1. The van der Waals surface area contributed by atoms with E-state index in [4.69, 9.17) is 4.74 Å². The topological polar surface area (TPSA) is 77.7 Å². The Morgan fingerprint density at radius 3 is 2.40 bits per heavy atom. The average Bonchev–Trinajstić information content (AvgIpc) is 3.37. The first-order valence-corrected chi connectivity index (χ1v) is 15.8. The van der Waals surface area contributed by atoms with Crippen molar-refractivity contribution in [1.82, 2.24) is 9.88 Å². The monoisotopic (exact) mass is 610 g/mol. The number of aromatic nitrogens is 1. The third kappa shape index (κ3) is 5.96. The number of anilines is 2. The molecule has 8 heteroatoms. The number of morpholine rings is 1. The molecule has 2 aliphatic rings. The van der Waals surface area contributed by atoms with E-state index >= 15 is 0 Å². The van der Waals surface area contributed by atoms with Gasteiger partial charge in [-0.25, -0.2) is 4.39 Å². The van der Waals surface area contributed by atoms with Gasteiger partial charge in [0.15, 0.2) is 0 Å². The molecule has 0 spiro atoms. The van der Waals surface area contributed by atoms with Crippen LogP contribution in [0.3, 0.4) is 0 Å².